The van der Waals surface area contributed by atoms with Gasteiger partial charge in [0.1, 0.15) is 0 Å². The van der Waals surface area contributed by atoms with E-state index < -0.39 is 10.0 Å². The molecule has 2 atom stereocenters. The van der Waals surface area contributed by atoms with Crippen molar-refractivity contribution in [3.63, 3.8) is 0 Å². The van der Waals surface area contributed by atoms with Crippen molar-refractivity contribution in [3.05, 3.63) is 29.8 Å². The molecule has 0 spiro atoms. The first kappa shape index (κ1) is 18.1. The van der Waals surface area contributed by atoms with Crippen LogP contribution in [0, 0.1) is 5.92 Å². The average molecular weight is 312 g/mol. The molecular formula is C16H28N2O2S. The largest absolute Gasteiger partial charge is 0.310 e. The Morgan fingerprint density at radius 2 is 1.90 bits per heavy atom. The molecule has 120 valence electrons. The zero-order chi connectivity index (χ0) is 16.0. The number of hydrogen-bond donors (Lipinski definition) is 1. The van der Waals surface area contributed by atoms with E-state index in [2.05, 4.69) is 19.2 Å². The highest BCUT2D eigenvalue weighted by atomic mass is 32.2. The molecule has 1 N–H and O–H groups in total. The molecular weight excluding hydrogens is 284 g/mol. The lowest BCUT2D eigenvalue weighted by Crippen LogP contribution is -2.31. The van der Waals surface area contributed by atoms with Gasteiger partial charge < -0.3 is 5.32 Å². The van der Waals surface area contributed by atoms with Gasteiger partial charge in [0.25, 0.3) is 0 Å². The van der Waals surface area contributed by atoms with Crippen LogP contribution in [0.1, 0.15) is 45.7 Å². The molecule has 5 heteroatoms. The van der Waals surface area contributed by atoms with Crippen molar-refractivity contribution in [1.29, 1.82) is 0 Å². The van der Waals surface area contributed by atoms with Crippen LogP contribution < -0.4 is 5.32 Å². The number of benzene rings is 1. The van der Waals surface area contributed by atoms with Crippen LogP contribution in [0.4, 0.5) is 0 Å². The lowest BCUT2D eigenvalue weighted by molar-refractivity contribution is 0.393. The minimum atomic E-state index is -3.41. The molecule has 0 bridgehead atoms. The number of sulfonamides is 1. The molecule has 1 aromatic rings. The fourth-order valence-electron chi connectivity index (χ4n) is 2.21. The minimum absolute atomic E-state index is 0.144. The average Bonchev–Trinajstić information content (AvgIpc) is 2.47. The second-order valence-electron chi connectivity index (χ2n) is 5.65. The van der Waals surface area contributed by atoms with Gasteiger partial charge in [-0.3, -0.25) is 0 Å². The third kappa shape index (κ3) is 4.80. The lowest BCUT2D eigenvalue weighted by atomic mass is 10.1. The molecule has 0 amide bonds. The van der Waals surface area contributed by atoms with E-state index in [1.807, 2.05) is 26.0 Å². The summed E-state index contributed by atoms with van der Waals surface area (Å²) in [6, 6.07) is 7.36. The van der Waals surface area contributed by atoms with Gasteiger partial charge in [-0.05, 0) is 37.1 Å². The van der Waals surface area contributed by atoms with Crippen molar-refractivity contribution < 1.29 is 8.42 Å². The smallest absolute Gasteiger partial charge is 0.242 e. The van der Waals surface area contributed by atoms with Crippen LogP contribution in [0.3, 0.4) is 0 Å². The maximum absolute atomic E-state index is 12.6. The predicted octanol–water partition coefficient (Wildman–Crippen LogP) is 3.02. The zero-order valence-corrected chi connectivity index (χ0v) is 14.6. The van der Waals surface area contributed by atoms with E-state index in [0.29, 0.717) is 17.4 Å². The Balaban J connectivity index is 3.00. The quantitative estimate of drug-likeness (QED) is 0.803. The van der Waals surface area contributed by atoms with Crippen LogP contribution in [-0.4, -0.2) is 32.9 Å². The number of nitrogens with one attached hydrogen (secondary N) is 1. The van der Waals surface area contributed by atoms with Crippen LogP contribution in [0.15, 0.2) is 29.2 Å². The summed E-state index contributed by atoms with van der Waals surface area (Å²) < 4.78 is 26.7. The van der Waals surface area contributed by atoms with Crippen LogP contribution in [-0.2, 0) is 10.0 Å². The van der Waals surface area contributed by atoms with Gasteiger partial charge in [0, 0.05) is 19.6 Å². The van der Waals surface area contributed by atoms with Crippen molar-refractivity contribution in [1.82, 2.24) is 9.62 Å². The van der Waals surface area contributed by atoms with Gasteiger partial charge in [0.05, 0.1) is 4.90 Å². The third-order valence-electron chi connectivity index (χ3n) is 3.84. The molecule has 1 aromatic carbocycles. The third-order valence-corrected chi connectivity index (χ3v) is 5.66. The van der Waals surface area contributed by atoms with Gasteiger partial charge in [0.2, 0.25) is 10.0 Å². The van der Waals surface area contributed by atoms with Crippen LogP contribution in [0.2, 0.25) is 0 Å². The van der Waals surface area contributed by atoms with E-state index >= 15 is 0 Å². The van der Waals surface area contributed by atoms with Gasteiger partial charge in [-0.15, -0.1) is 0 Å². The second kappa shape index (κ2) is 7.92. The summed E-state index contributed by atoms with van der Waals surface area (Å²) in [6.07, 6.45) is 0.970. The highest BCUT2D eigenvalue weighted by molar-refractivity contribution is 7.89. The van der Waals surface area contributed by atoms with E-state index in [1.165, 1.54) is 4.31 Å². The number of nitrogens with zero attached hydrogens (tertiary/aromatic N) is 1. The molecule has 0 aliphatic heterocycles. The first-order valence-corrected chi connectivity index (χ1v) is 9.06. The normalized spacial score (nSPS) is 15.1. The van der Waals surface area contributed by atoms with Gasteiger partial charge in [0.15, 0.2) is 0 Å². The fourth-order valence-corrected chi connectivity index (χ4v) is 3.56. The summed E-state index contributed by atoms with van der Waals surface area (Å²) in [7, 11) is -1.75. The van der Waals surface area contributed by atoms with E-state index in [1.54, 1.807) is 19.2 Å². The molecule has 0 aliphatic carbocycles. The molecule has 4 nitrogen and oxygen atoms in total. The second-order valence-corrected chi connectivity index (χ2v) is 7.70. The van der Waals surface area contributed by atoms with Gasteiger partial charge in [-0.1, -0.05) is 39.3 Å². The first-order valence-electron chi connectivity index (χ1n) is 7.62. The summed E-state index contributed by atoms with van der Waals surface area (Å²) in [4.78, 5) is 0.371. The zero-order valence-electron chi connectivity index (χ0n) is 13.8. The first-order chi connectivity index (χ1) is 9.82. The molecule has 0 aliphatic rings. The number of hydrogen-bond acceptors (Lipinski definition) is 3. The Morgan fingerprint density at radius 3 is 2.48 bits per heavy atom. The topological polar surface area (TPSA) is 49.4 Å². The van der Waals surface area contributed by atoms with E-state index in [9.17, 15) is 8.42 Å². The van der Waals surface area contributed by atoms with E-state index in [0.717, 1.165) is 18.5 Å². The Labute approximate surface area is 129 Å². The molecule has 0 aromatic heterocycles. The molecule has 0 fully saturated rings. The van der Waals surface area contributed by atoms with Gasteiger partial charge >= 0.3 is 0 Å². The summed E-state index contributed by atoms with van der Waals surface area (Å²) in [5, 5.41) is 3.30. The van der Waals surface area contributed by atoms with Crippen molar-refractivity contribution in [2.45, 2.75) is 45.1 Å². The van der Waals surface area contributed by atoms with Crippen molar-refractivity contribution in [2.24, 2.45) is 5.92 Å². The van der Waals surface area contributed by atoms with Gasteiger partial charge in [-0.25, -0.2) is 12.7 Å². The molecule has 0 heterocycles. The number of rotatable bonds is 8. The summed E-state index contributed by atoms with van der Waals surface area (Å²) in [5.74, 6) is 0.355. The molecule has 21 heavy (non-hydrogen) atoms. The van der Waals surface area contributed by atoms with Crippen LogP contribution in [0.25, 0.3) is 0 Å². The summed E-state index contributed by atoms with van der Waals surface area (Å²) in [6.45, 7) is 9.62. The predicted molar refractivity (Wildman–Crippen MR) is 87.8 cm³/mol. The molecule has 0 radical (unpaired) electrons. The maximum atomic E-state index is 12.6. The summed E-state index contributed by atoms with van der Waals surface area (Å²) >= 11 is 0. The highest BCUT2D eigenvalue weighted by Crippen LogP contribution is 2.21. The van der Waals surface area contributed by atoms with Gasteiger partial charge in [-0.2, -0.15) is 0 Å². The SMILES string of the molecule is CCNC(C)c1cccc(S(=O)(=O)N(C)CC(C)CC)c1. The Hall–Kier alpha value is -0.910. The molecule has 2 unspecified atom stereocenters. The standard InChI is InChI=1S/C16H28N2O2S/c1-6-13(3)12-18(5)21(19,20)16-10-8-9-15(11-16)14(4)17-7-2/h8-11,13-14,17H,6-7,12H2,1-5H3. The van der Waals surface area contributed by atoms with Crippen LogP contribution in [0.5, 0.6) is 0 Å². The Kier molecular flexibility index (Phi) is 6.84. The van der Waals surface area contributed by atoms with Crippen molar-refractivity contribution in [2.75, 3.05) is 20.1 Å². The van der Waals surface area contributed by atoms with Crippen LogP contribution >= 0.6 is 0 Å². The van der Waals surface area contributed by atoms with E-state index in [4.69, 9.17) is 0 Å². The lowest BCUT2D eigenvalue weighted by Gasteiger charge is -2.21. The maximum Gasteiger partial charge on any atom is 0.242 e. The van der Waals surface area contributed by atoms with E-state index in [-0.39, 0.29) is 6.04 Å². The highest BCUT2D eigenvalue weighted by Gasteiger charge is 2.22. The van der Waals surface area contributed by atoms with Crippen molar-refractivity contribution >= 4 is 10.0 Å². The minimum Gasteiger partial charge on any atom is -0.310 e. The fraction of sp³-hybridized carbons (Fsp3) is 0.625. The monoisotopic (exact) mass is 312 g/mol. The molecule has 0 saturated heterocycles. The molecule has 0 saturated carbocycles. The Bertz CT molecular complexity index is 543. The molecule has 1 rings (SSSR count). The summed E-state index contributed by atoms with van der Waals surface area (Å²) in [5.41, 5.74) is 0.995. The van der Waals surface area contributed by atoms with Crippen molar-refractivity contribution in [3.8, 4) is 0 Å². The Morgan fingerprint density at radius 1 is 1.24 bits per heavy atom.